The molecule has 0 amide bonds. The van der Waals surface area contributed by atoms with Crippen molar-refractivity contribution in [2.45, 2.75) is 13.3 Å². The SMILES string of the molecule is CCOC(=O)c1c(C(F)F)cc(Br)nc1I. The standard InChI is InChI=1S/C9H7BrF2INO2/c1-2-16-9(15)6-4(7(11)12)3-5(10)14-8(6)13/h3,7H,2H2,1H3. The normalized spacial score (nSPS) is 10.6. The fraction of sp³-hybridized carbons (Fsp3) is 0.333. The molecule has 0 bridgehead atoms. The number of carbonyl (C=O) groups is 1. The monoisotopic (exact) mass is 405 g/mol. The number of carbonyl (C=O) groups excluding carboxylic acids is 1. The Labute approximate surface area is 113 Å². The van der Waals surface area contributed by atoms with E-state index in [1.54, 1.807) is 29.5 Å². The van der Waals surface area contributed by atoms with Crippen LogP contribution in [0.5, 0.6) is 0 Å². The van der Waals surface area contributed by atoms with E-state index in [0.717, 1.165) is 6.07 Å². The van der Waals surface area contributed by atoms with Gasteiger partial charge in [0, 0.05) is 5.56 Å². The number of esters is 1. The molecule has 3 nitrogen and oxygen atoms in total. The van der Waals surface area contributed by atoms with Crippen molar-refractivity contribution in [2.75, 3.05) is 6.61 Å². The number of alkyl halides is 2. The Morgan fingerprint density at radius 2 is 2.31 bits per heavy atom. The van der Waals surface area contributed by atoms with Gasteiger partial charge in [0.2, 0.25) is 0 Å². The summed E-state index contributed by atoms with van der Waals surface area (Å²) in [6.45, 7) is 1.74. The lowest BCUT2D eigenvalue weighted by atomic mass is 10.1. The van der Waals surface area contributed by atoms with Crippen LogP contribution in [0, 0.1) is 3.70 Å². The molecule has 88 valence electrons. The second kappa shape index (κ2) is 5.85. The van der Waals surface area contributed by atoms with Gasteiger partial charge < -0.3 is 4.74 Å². The first-order valence-corrected chi connectivity index (χ1v) is 6.15. The molecule has 0 aliphatic heterocycles. The van der Waals surface area contributed by atoms with Crippen LogP contribution in [0.3, 0.4) is 0 Å². The highest BCUT2D eigenvalue weighted by molar-refractivity contribution is 14.1. The van der Waals surface area contributed by atoms with E-state index in [-0.39, 0.29) is 26.0 Å². The van der Waals surface area contributed by atoms with Crippen molar-refractivity contribution in [1.29, 1.82) is 0 Å². The largest absolute Gasteiger partial charge is 0.462 e. The molecule has 1 aromatic heterocycles. The average molecular weight is 406 g/mol. The molecule has 16 heavy (non-hydrogen) atoms. The van der Waals surface area contributed by atoms with Gasteiger partial charge in [0.05, 0.1) is 6.61 Å². The summed E-state index contributed by atoms with van der Waals surface area (Å²) in [5.41, 5.74) is -0.537. The fourth-order valence-corrected chi connectivity index (χ4v) is 2.63. The second-order valence-corrected chi connectivity index (χ2v) is 4.56. The van der Waals surface area contributed by atoms with Crippen LogP contribution in [0.15, 0.2) is 10.7 Å². The molecule has 0 saturated carbocycles. The molecule has 0 aromatic carbocycles. The first-order valence-electron chi connectivity index (χ1n) is 4.28. The van der Waals surface area contributed by atoms with Gasteiger partial charge in [-0.3, -0.25) is 0 Å². The van der Waals surface area contributed by atoms with Crippen molar-refractivity contribution in [1.82, 2.24) is 4.98 Å². The van der Waals surface area contributed by atoms with E-state index in [2.05, 4.69) is 20.9 Å². The van der Waals surface area contributed by atoms with Crippen molar-refractivity contribution in [2.24, 2.45) is 0 Å². The van der Waals surface area contributed by atoms with Crippen molar-refractivity contribution in [3.63, 3.8) is 0 Å². The van der Waals surface area contributed by atoms with Crippen molar-refractivity contribution in [3.05, 3.63) is 25.5 Å². The third-order valence-corrected chi connectivity index (χ3v) is 2.88. The Morgan fingerprint density at radius 3 is 2.81 bits per heavy atom. The Hall–Kier alpha value is -0.310. The van der Waals surface area contributed by atoms with Gasteiger partial charge in [0.1, 0.15) is 13.9 Å². The maximum absolute atomic E-state index is 12.7. The summed E-state index contributed by atoms with van der Waals surface area (Å²) in [6, 6.07) is 1.12. The summed E-state index contributed by atoms with van der Waals surface area (Å²) < 4.78 is 30.6. The van der Waals surface area contributed by atoms with Crippen LogP contribution in [-0.4, -0.2) is 17.6 Å². The van der Waals surface area contributed by atoms with Crippen LogP contribution >= 0.6 is 38.5 Å². The molecule has 1 heterocycles. The Bertz CT molecular complexity index is 415. The Morgan fingerprint density at radius 1 is 1.69 bits per heavy atom. The van der Waals surface area contributed by atoms with Crippen molar-refractivity contribution >= 4 is 44.5 Å². The van der Waals surface area contributed by atoms with Gasteiger partial charge in [-0.15, -0.1) is 0 Å². The number of hydrogen-bond acceptors (Lipinski definition) is 3. The minimum atomic E-state index is -2.74. The van der Waals surface area contributed by atoms with Crippen LogP contribution in [0.1, 0.15) is 29.3 Å². The van der Waals surface area contributed by atoms with E-state index in [1.807, 2.05) is 0 Å². The van der Waals surface area contributed by atoms with Gasteiger partial charge >= 0.3 is 5.97 Å². The zero-order chi connectivity index (χ0) is 12.3. The first-order chi connectivity index (χ1) is 7.47. The predicted octanol–water partition coefficient (Wildman–Crippen LogP) is 3.56. The van der Waals surface area contributed by atoms with Gasteiger partial charge in [-0.2, -0.15) is 0 Å². The van der Waals surface area contributed by atoms with E-state index in [0.29, 0.717) is 0 Å². The van der Waals surface area contributed by atoms with Gasteiger partial charge in [0.25, 0.3) is 6.43 Å². The van der Waals surface area contributed by atoms with Gasteiger partial charge in [0.15, 0.2) is 0 Å². The van der Waals surface area contributed by atoms with E-state index in [9.17, 15) is 13.6 Å². The summed E-state index contributed by atoms with van der Waals surface area (Å²) in [4.78, 5) is 15.4. The topological polar surface area (TPSA) is 39.2 Å². The van der Waals surface area contributed by atoms with E-state index < -0.39 is 12.4 Å². The number of nitrogens with zero attached hydrogens (tertiary/aromatic N) is 1. The average Bonchev–Trinajstić information content (AvgIpc) is 2.16. The molecule has 0 aliphatic rings. The lowest BCUT2D eigenvalue weighted by Crippen LogP contribution is -2.12. The van der Waals surface area contributed by atoms with Crippen LogP contribution in [0.2, 0.25) is 0 Å². The number of halogens is 4. The lowest BCUT2D eigenvalue weighted by molar-refractivity contribution is 0.0513. The van der Waals surface area contributed by atoms with Crippen LogP contribution in [0.25, 0.3) is 0 Å². The third kappa shape index (κ3) is 3.09. The van der Waals surface area contributed by atoms with Crippen LogP contribution in [-0.2, 0) is 4.74 Å². The first kappa shape index (κ1) is 13.8. The van der Waals surface area contributed by atoms with Crippen molar-refractivity contribution in [3.8, 4) is 0 Å². The fourth-order valence-electron chi connectivity index (χ4n) is 1.08. The number of hydrogen-bond donors (Lipinski definition) is 0. The van der Waals surface area contributed by atoms with Gasteiger partial charge in [-0.25, -0.2) is 18.6 Å². The van der Waals surface area contributed by atoms with Crippen LogP contribution in [0.4, 0.5) is 8.78 Å². The molecule has 1 rings (SSSR count). The minimum absolute atomic E-state index is 0.133. The van der Waals surface area contributed by atoms with Gasteiger partial charge in [-0.05, 0) is 51.5 Å². The third-order valence-electron chi connectivity index (χ3n) is 1.69. The highest BCUT2D eigenvalue weighted by atomic mass is 127. The smallest absolute Gasteiger partial charge is 0.341 e. The molecule has 0 radical (unpaired) electrons. The molecule has 0 unspecified atom stereocenters. The predicted molar refractivity (Wildman–Crippen MR) is 65.6 cm³/mol. The van der Waals surface area contributed by atoms with Crippen LogP contribution < -0.4 is 0 Å². The Kier molecular flexibility index (Phi) is 5.03. The quantitative estimate of drug-likeness (QED) is 0.438. The summed E-state index contributed by atoms with van der Waals surface area (Å²) >= 11 is 4.73. The molecule has 0 aliphatic carbocycles. The highest BCUT2D eigenvalue weighted by Crippen LogP contribution is 2.28. The van der Waals surface area contributed by atoms with E-state index >= 15 is 0 Å². The summed E-state index contributed by atoms with van der Waals surface area (Å²) in [6.07, 6.45) is -2.74. The summed E-state index contributed by atoms with van der Waals surface area (Å²) in [5.74, 6) is -0.776. The zero-order valence-corrected chi connectivity index (χ0v) is 11.9. The molecule has 0 N–H and O–H groups in total. The second-order valence-electron chi connectivity index (χ2n) is 2.72. The molecule has 7 heteroatoms. The van der Waals surface area contributed by atoms with Crippen molar-refractivity contribution < 1.29 is 18.3 Å². The summed E-state index contributed by atoms with van der Waals surface area (Å²) in [7, 11) is 0. The minimum Gasteiger partial charge on any atom is -0.462 e. The highest BCUT2D eigenvalue weighted by Gasteiger charge is 2.24. The zero-order valence-electron chi connectivity index (χ0n) is 8.14. The number of pyridine rings is 1. The maximum Gasteiger partial charge on any atom is 0.341 e. The molecule has 0 fully saturated rings. The molecular formula is C9H7BrF2INO2. The number of aromatic nitrogens is 1. The summed E-state index contributed by atoms with van der Waals surface area (Å²) in [5, 5.41) is 0. The molecule has 1 aromatic rings. The Balaban J connectivity index is 3.29. The molecular weight excluding hydrogens is 399 g/mol. The molecule has 0 saturated heterocycles. The maximum atomic E-state index is 12.7. The molecule has 0 spiro atoms. The molecule has 0 atom stereocenters. The lowest BCUT2D eigenvalue weighted by Gasteiger charge is -2.10. The number of rotatable bonds is 3. The number of ether oxygens (including phenoxy) is 1. The van der Waals surface area contributed by atoms with E-state index in [1.165, 1.54) is 0 Å². The van der Waals surface area contributed by atoms with Gasteiger partial charge in [-0.1, -0.05) is 0 Å². The van der Waals surface area contributed by atoms with E-state index in [4.69, 9.17) is 4.74 Å².